The molecule has 1 fully saturated rings. The molecule has 1 aromatic rings. The second-order valence-corrected chi connectivity index (χ2v) is 4.50. The van der Waals surface area contributed by atoms with Gasteiger partial charge in [0.15, 0.2) is 0 Å². The number of halogens is 1. The van der Waals surface area contributed by atoms with Crippen molar-refractivity contribution < 1.29 is 9.84 Å². The van der Waals surface area contributed by atoms with E-state index in [1.165, 1.54) is 0 Å². The predicted octanol–water partition coefficient (Wildman–Crippen LogP) is 2.15. The highest BCUT2D eigenvalue weighted by Gasteiger charge is 2.24. The average Bonchev–Trinajstić information content (AvgIpc) is 2.79. The maximum Gasteiger partial charge on any atom is 0.0636 e. The van der Waals surface area contributed by atoms with Gasteiger partial charge in [-0.2, -0.15) is 0 Å². The van der Waals surface area contributed by atoms with Gasteiger partial charge in [0.1, 0.15) is 0 Å². The normalized spacial score (nSPS) is 22.0. The minimum Gasteiger partial charge on any atom is -0.394 e. The Morgan fingerprint density at radius 2 is 2.44 bits per heavy atom. The van der Waals surface area contributed by atoms with Gasteiger partial charge in [0.2, 0.25) is 0 Å². The van der Waals surface area contributed by atoms with E-state index in [0.29, 0.717) is 10.9 Å². The molecule has 88 valence electrons. The third-order valence-corrected chi connectivity index (χ3v) is 3.14. The fourth-order valence-corrected chi connectivity index (χ4v) is 2.17. The van der Waals surface area contributed by atoms with E-state index in [1.807, 2.05) is 24.3 Å². The topological polar surface area (TPSA) is 41.5 Å². The van der Waals surface area contributed by atoms with Crippen LogP contribution in [0.2, 0.25) is 5.02 Å². The van der Waals surface area contributed by atoms with Gasteiger partial charge in [0.05, 0.1) is 19.3 Å². The van der Waals surface area contributed by atoms with Crippen LogP contribution in [0.4, 0.5) is 5.69 Å². The first-order valence-corrected chi connectivity index (χ1v) is 5.88. The Hall–Kier alpha value is -0.770. The summed E-state index contributed by atoms with van der Waals surface area (Å²) in [5.41, 5.74) is 0.943. The van der Waals surface area contributed by atoms with Crippen molar-refractivity contribution in [2.75, 3.05) is 25.1 Å². The van der Waals surface area contributed by atoms with Crippen molar-refractivity contribution >= 4 is 17.3 Å². The molecule has 0 spiro atoms. The second kappa shape index (κ2) is 5.53. The Labute approximate surface area is 100 Å². The van der Waals surface area contributed by atoms with Crippen LogP contribution >= 0.6 is 11.6 Å². The molecular formula is C12H16ClNO2. The molecule has 1 aromatic carbocycles. The predicted molar refractivity (Wildman–Crippen MR) is 64.9 cm³/mol. The summed E-state index contributed by atoms with van der Waals surface area (Å²) >= 11 is 5.90. The van der Waals surface area contributed by atoms with Gasteiger partial charge in [-0.15, -0.1) is 0 Å². The molecule has 2 atom stereocenters. The van der Waals surface area contributed by atoms with Crippen LogP contribution in [0.5, 0.6) is 0 Å². The van der Waals surface area contributed by atoms with Gasteiger partial charge in [-0.25, -0.2) is 0 Å². The SMILES string of the molecule is OCC(Nc1cccc(Cl)c1)C1CCOC1. The van der Waals surface area contributed by atoms with E-state index in [9.17, 15) is 5.11 Å². The molecule has 2 rings (SSSR count). The van der Waals surface area contributed by atoms with E-state index in [-0.39, 0.29) is 12.6 Å². The smallest absolute Gasteiger partial charge is 0.0636 e. The third-order valence-electron chi connectivity index (χ3n) is 2.91. The summed E-state index contributed by atoms with van der Waals surface area (Å²) in [6.45, 7) is 1.62. The number of aliphatic hydroxyl groups excluding tert-OH is 1. The van der Waals surface area contributed by atoms with Crippen molar-refractivity contribution in [1.29, 1.82) is 0 Å². The number of anilines is 1. The Morgan fingerprint density at radius 3 is 3.06 bits per heavy atom. The van der Waals surface area contributed by atoms with Crippen LogP contribution in [0.25, 0.3) is 0 Å². The van der Waals surface area contributed by atoms with Crippen molar-refractivity contribution in [3.63, 3.8) is 0 Å². The van der Waals surface area contributed by atoms with Crippen molar-refractivity contribution in [2.45, 2.75) is 12.5 Å². The van der Waals surface area contributed by atoms with Gasteiger partial charge in [0.25, 0.3) is 0 Å². The van der Waals surface area contributed by atoms with Crippen LogP contribution in [-0.2, 0) is 4.74 Å². The lowest BCUT2D eigenvalue weighted by atomic mass is 9.99. The minimum atomic E-state index is 0.0426. The standard InChI is InChI=1S/C12H16ClNO2/c13-10-2-1-3-11(6-10)14-12(7-15)9-4-5-16-8-9/h1-3,6,9,12,14-15H,4-5,7-8H2. The number of rotatable bonds is 4. The van der Waals surface area contributed by atoms with Gasteiger partial charge in [0, 0.05) is 23.2 Å². The fourth-order valence-electron chi connectivity index (χ4n) is 1.97. The van der Waals surface area contributed by atoms with Crippen molar-refractivity contribution in [2.24, 2.45) is 5.92 Å². The summed E-state index contributed by atoms with van der Waals surface area (Å²) in [7, 11) is 0. The number of ether oxygens (including phenoxy) is 1. The molecule has 16 heavy (non-hydrogen) atoms. The highest BCUT2D eigenvalue weighted by Crippen LogP contribution is 2.22. The number of hydrogen-bond donors (Lipinski definition) is 2. The molecule has 1 heterocycles. The quantitative estimate of drug-likeness (QED) is 0.849. The van der Waals surface area contributed by atoms with Gasteiger partial charge >= 0.3 is 0 Å². The van der Waals surface area contributed by atoms with E-state index >= 15 is 0 Å². The second-order valence-electron chi connectivity index (χ2n) is 4.07. The molecule has 0 saturated carbocycles. The van der Waals surface area contributed by atoms with E-state index in [1.54, 1.807) is 0 Å². The van der Waals surface area contributed by atoms with Crippen LogP contribution in [-0.4, -0.2) is 31.0 Å². The number of hydrogen-bond acceptors (Lipinski definition) is 3. The first-order valence-electron chi connectivity index (χ1n) is 5.50. The van der Waals surface area contributed by atoms with Crippen LogP contribution < -0.4 is 5.32 Å². The average molecular weight is 242 g/mol. The molecule has 2 unspecified atom stereocenters. The molecule has 0 amide bonds. The summed E-state index contributed by atoms with van der Waals surface area (Å²) in [6.07, 6.45) is 0.999. The molecule has 1 aliphatic heterocycles. The van der Waals surface area contributed by atoms with Gasteiger partial charge in [-0.3, -0.25) is 0 Å². The lowest BCUT2D eigenvalue weighted by Crippen LogP contribution is -2.32. The van der Waals surface area contributed by atoms with Gasteiger partial charge in [-0.05, 0) is 24.6 Å². The van der Waals surface area contributed by atoms with Crippen molar-refractivity contribution in [1.82, 2.24) is 0 Å². The highest BCUT2D eigenvalue weighted by atomic mass is 35.5. The van der Waals surface area contributed by atoms with E-state index in [2.05, 4.69) is 5.32 Å². The molecule has 1 saturated heterocycles. The van der Waals surface area contributed by atoms with Crippen LogP contribution in [0.1, 0.15) is 6.42 Å². The first-order chi connectivity index (χ1) is 7.79. The summed E-state index contributed by atoms with van der Waals surface area (Å²) in [5.74, 6) is 0.379. The Kier molecular flexibility index (Phi) is 4.04. The number of aliphatic hydroxyl groups is 1. The maximum atomic E-state index is 9.37. The molecule has 4 heteroatoms. The monoisotopic (exact) mass is 241 g/mol. The molecule has 2 N–H and O–H groups in total. The summed E-state index contributed by atoms with van der Waals surface area (Å²) in [4.78, 5) is 0. The summed E-state index contributed by atoms with van der Waals surface area (Å²) in [5, 5.41) is 13.4. The van der Waals surface area contributed by atoms with E-state index in [0.717, 1.165) is 25.3 Å². The zero-order valence-corrected chi connectivity index (χ0v) is 9.78. The molecule has 0 aliphatic carbocycles. The maximum absolute atomic E-state index is 9.37. The summed E-state index contributed by atoms with van der Waals surface area (Å²) < 4.78 is 5.32. The third kappa shape index (κ3) is 2.88. The Morgan fingerprint density at radius 1 is 1.56 bits per heavy atom. The van der Waals surface area contributed by atoms with Crippen molar-refractivity contribution in [3.05, 3.63) is 29.3 Å². The number of benzene rings is 1. The van der Waals surface area contributed by atoms with Gasteiger partial charge in [-0.1, -0.05) is 17.7 Å². The summed E-state index contributed by atoms with van der Waals surface area (Å²) in [6, 6.07) is 7.58. The molecule has 0 aromatic heterocycles. The minimum absolute atomic E-state index is 0.0426. The van der Waals surface area contributed by atoms with Crippen LogP contribution in [0.15, 0.2) is 24.3 Å². The molecule has 0 radical (unpaired) electrons. The largest absolute Gasteiger partial charge is 0.394 e. The van der Waals surface area contributed by atoms with Crippen LogP contribution in [0, 0.1) is 5.92 Å². The zero-order valence-electron chi connectivity index (χ0n) is 9.03. The lowest BCUT2D eigenvalue weighted by molar-refractivity contribution is 0.170. The fraction of sp³-hybridized carbons (Fsp3) is 0.500. The molecule has 0 bridgehead atoms. The molecular weight excluding hydrogens is 226 g/mol. The Bertz CT molecular complexity index is 340. The highest BCUT2D eigenvalue weighted by molar-refractivity contribution is 6.30. The van der Waals surface area contributed by atoms with Crippen molar-refractivity contribution in [3.8, 4) is 0 Å². The van der Waals surface area contributed by atoms with Crippen LogP contribution in [0.3, 0.4) is 0 Å². The zero-order chi connectivity index (χ0) is 11.4. The van der Waals surface area contributed by atoms with E-state index in [4.69, 9.17) is 16.3 Å². The molecule has 3 nitrogen and oxygen atoms in total. The lowest BCUT2D eigenvalue weighted by Gasteiger charge is -2.22. The molecule has 1 aliphatic rings. The van der Waals surface area contributed by atoms with E-state index < -0.39 is 0 Å². The first kappa shape index (κ1) is 11.7. The van der Waals surface area contributed by atoms with Gasteiger partial charge < -0.3 is 15.2 Å². The Balaban J connectivity index is 2.00. The number of nitrogens with one attached hydrogen (secondary N) is 1.